The molecular weight excluding hydrogens is 410 g/mol. The molecule has 2 heterocycles. The van der Waals surface area contributed by atoms with Gasteiger partial charge in [-0.05, 0) is 60.3 Å². The van der Waals surface area contributed by atoms with Crippen LogP contribution in [0.5, 0.6) is 0 Å². The molecule has 1 aliphatic heterocycles. The SMILES string of the molecule is O=C(NN1C(=O)C(=Cc2ccncc2)SC1=S)c1ccc(Br)cc1. The molecule has 1 fully saturated rings. The second kappa shape index (κ2) is 7.25. The van der Waals surface area contributed by atoms with Crippen LogP contribution in [0.1, 0.15) is 15.9 Å². The van der Waals surface area contributed by atoms with Gasteiger partial charge in [0, 0.05) is 22.4 Å². The molecule has 2 aromatic rings. The fourth-order valence-electron chi connectivity index (χ4n) is 1.94. The normalized spacial score (nSPS) is 15.9. The summed E-state index contributed by atoms with van der Waals surface area (Å²) in [4.78, 5) is 29.1. The summed E-state index contributed by atoms with van der Waals surface area (Å²) in [5, 5.41) is 1.09. The van der Waals surface area contributed by atoms with Gasteiger partial charge >= 0.3 is 0 Å². The van der Waals surface area contributed by atoms with E-state index in [1.165, 1.54) is 0 Å². The van der Waals surface area contributed by atoms with Crippen LogP contribution in [0.25, 0.3) is 6.08 Å². The molecule has 3 rings (SSSR count). The second-order valence-corrected chi connectivity index (χ2v) is 7.34. The first kappa shape index (κ1) is 16.8. The lowest BCUT2D eigenvalue weighted by Crippen LogP contribution is -2.44. The molecular formula is C16H10BrN3O2S2. The number of nitrogens with one attached hydrogen (secondary N) is 1. The molecule has 1 saturated heterocycles. The van der Waals surface area contributed by atoms with Crippen molar-refractivity contribution in [2.24, 2.45) is 0 Å². The van der Waals surface area contributed by atoms with Crippen LogP contribution in [0.2, 0.25) is 0 Å². The summed E-state index contributed by atoms with van der Waals surface area (Å²) >= 11 is 9.64. The Morgan fingerprint density at radius 2 is 1.88 bits per heavy atom. The summed E-state index contributed by atoms with van der Waals surface area (Å²) in [6.45, 7) is 0. The fourth-order valence-corrected chi connectivity index (χ4v) is 3.39. The number of rotatable bonds is 3. The number of thiocarbonyl (C=S) groups is 1. The summed E-state index contributed by atoms with van der Waals surface area (Å²) in [6.07, 6.45) is 5.00. The number of hydrazine groups is 1. The Kier molecular flexibility index (Phi) is 5.08. The number of amides is 2. The van der Waals surface area contributed by atoms with Crippen LogP contribution in [-0.2, 0) is 4.79 Å². The average Bonchev–Trinajstić information content (AvgIpc) is 2.84. The maximum atomic E-state index is 12.5. The van der Waals surface area contributed by atoms with Gasteiger partial charge < -0.3 is 0 Å². The summed E-state index contributed by atoms with van der Waals surface area (Å²) in [5.74, 6) is -0.753. The predicted molar refractivity (Wildman–Crippen MR) is 101 cm³/mol. The molecule has 0 radical (unpaired) electrons. The van der Waals surface area contributed by atoms with E-state index in [9.17, 15) is 9.59 Å². The number of carbonyl (C=O) groups excluding carboxylic acids is 2. The number of benzene rings is 1. The standard InChI is InChI=1S/C16H10BrN3O2S2/c17-12-3-1-11(2-4-12)14(21)19-20-15(22)13(24-16(20)23)9-10-5-7-18-8-6-10/h1-9H,(H,19,21). The van der Waals surface area contributed by atoms with Gasteiger partial charge in [-0.15, -0.1) is 0 Å². The van der Waals surface area contributed by atoms with E-state index in [2.05, 4.69) is 26.3 Å². The van der Waals surface area contributed by atoms with Crippen LogP contribution in [0.3, 0.4) is 0 Å². The lowest BCUT2D eigenvalue weighted by Gasteiger charge is -2.15. The molecule has 0 atom stereocenters. The van der Waals surface area contributed by atoms with Crippen molar-refractivity contribution in [3.63, 3.8) is 0 Å². The number of aromatic nitrogens is 1. The molecule has 1 N–H and O–H groups in total. The van der Waals surface area contributed by atoms with Gasteiger partial charge in [0.25, 0.3) is 11.8 Å². The highest BCUT2D eigenvalue weighted by molar-refractivity contribution is 9.10. The van der Waals surface area contributed by atoms with Gasteiger partial charge in [-0.3, -0.25) is 20.0 Å². The van der Waals surface area contributed by atoms with Crippen molar-refractivity contribution in [3.05, 3.63) is 69.3 Å². The van der Waals surface area contributed by atoms with Crippen molar-refractivity contribution in [1.82, 2.24) is 15.4 Å². The van der Waals surface area contributed by atoms with Crippen molar-refractivity contribution in [2.75, 3.05) is 0 Å². The Morgan fingerprint density at radius 3 is 2.54 bits per heavy atom. The van der Waals surface area contributed by atoms with E-state index in [1.54, 1.807) is 54.9 Å². The van der Waals surface area contributed by atoms with Crippen LogP contribution >= 0.6 is 39.9 Å². The number of hydrogen-bond donors (Lipinski definition) is 1. The third-order valence-corrected chi connectivity index (χ3v) is 4.95. The zero-order valence-corrected chi connectivity index (χ0v) is 15.3. The van der Waals surface area contributed by atoms with E-state index < -0.39 is 5.91 Å². The second-order valence-electron chi connectivity index (χ2n) is 4.75. The van der Waals surface area contributed by atoms with Crippen LogP contribution in [0.4, 0.5) is 0 Å². The lowest BCUT2D eigenvalue weighted by molar-refractivity contribution is -0.123. The Balaban J connectivity index is 1.76. The van der Waals surface area contributed by atoms with Crippen LogP contribution < -0.4 is 5.43 Å². The molecule has 0 aliphatic carbocycles. The van der Waals surface area contributed by atoms with Gasteiger partial charge in [0.05, 0.1) is 4.91 Å². The van der Waals surface area contributed by atoms with E-state index in [-0.39, 0.29) is 10.2 Å². The number of nitrogens with zero attached hydrogens (tertiary/aromatic N) is 2. The van der Waals surface area contributed by atoms with Crippen molar-refractivity contribution in [3.8, 4) is 0 Å². The van der Waals surface area contributed by atoms with E-state index in [0.717, 1.165) is 26.8 Å². The first-order valence-electron chi connectivity index (χ1n) is 6.79. The first-order valence-corrected chi connectivity index (χ1v) is 8.81. The van der Waals surface area contributed by atoms with Crippen LogP contribution in [0.15, 0.2) is 58.2 Å². The zero-order chi connectivity index (χ0) is 17.1. The summed E-state index contributed by atoms with van der Waals surface area (Å²) in [7, 11) is 0. The van der Waals surface area contributed by atoms with Gasteiger partial charge in [0.2, 0.25) is 0 Å². The first-order chi connectivity index (χ1) is 11.5. The highest BCUT2D eigenvalue weighted by Gasteiger charge is 2.33. The van der Waals surface area contributed by atoms with E-state index in [1.807, 2.05) is 0 Å². The molecule has 5 nitrogen and oxygen atoms in total. The summed E-state index contributed by atoms with van der Waals surface area (Å²) in [6, 6.07) is 10.4. The van der Waals surface area contributed by atoms with Crippen LogP contribution in [0, 0.1) is 0 Å². The molecule has 8 heteroatoms. The molecule has 24 heavy (non-hydrogen) atoms. The maximum absolute atomic E-state index is 12.5. The molecule has 0 bridgehead atoms. The minimum absolute atomic E-state index is 0.283. The number of pyridine rings is 1. The average molecular weight is 420 g/mol. The number of carbonyl (C=O) groups is 2. The van der Waals surface area contributed by atoms with Crippen molar-refractivity contribution in [2.45, 2.75) is 0 Å². The number of halogens is 1. The smallest absolute Gasteiger partial charge is 0.267 e. The lowest BCUT2D eigenvalue weighted by atomic mass is 10.2. The Labute approximate surface area is 156 Å². The molecule has 0 unspecified atom stereocenters. The van der Waals surface area contributed by atoms with Crippen molar-refractivity contribution in [1.29, 1.82) is 0 Å². The third-order valence-electron chi connectivity index (χ3n) is 3.12. The Morgan fingerprint density at radius 1 is 1.21 bits per heavy atom. The van der Waals surface area contributed by atoms with Gasteiger partial charge in [-0.25, -0.2) is 0 Å². The highest BCUT2D eigenvalue weighted by atomic mass is 79.9. The van der Waals surface area contributed by atoms with Gasteiger partial charge in [0.15, 0.2) is 4.32 Å². The Bertz CT molecular complexity index is 838. The number of hydrogen-bond acceptors (Lipinski definition) is 5. The van der Waals surface area contributed by atoms with Crippen LogP contribution in [-0.4, -0.2) is 26.1 Å². The van der Waals surface area contributed by atoms with Crippen molar-refractivity contribution < 1.29 is 9.59 Å². The van der Waals surface area contributed by atoms with Gasteiger partial charge in [-0.2, -0.15) is 5.01 Å². The fraction of sp³-hybridized carbons (Fsp3) is 0. The highest BCUT2D eigenvalue weighted by Crippen LogP contribution is 2.31. The quantitative estimate of drug-likeness (QED) is 0.610. The van der Waals surface area contributed by atoms with Gasteiger partial charge in [-0.1, -0.05) is 27.7 Å². The van der Waals surface area contributed by atoms with E-state index >= 15 is 0 Å². The third kappa shape index (κ3) is 3.72. The molecule has 2 amide bonds. The molecule has 0 spiro atoms. The largest absolute Gasteiger partial charge is 0.285 e. The zero-order valence-electron chi connectivity index (χ0n) is 12.1. The van der Waals surface area contributed by atoms with Gasteiger partial charge in [0.1, 0.15) is 0 Å². The van der Waals surface area contributed by atoms with Crippen molar-refractivity contribution >= 4 is 62.1 Å². The molecule has 1 aromatic carbocycles. The predicted octanol–water partition coefficient (Wildman–Crippen LogP) is 3.39. The molecule has 120 valence electrons. The Hall–Kier alpha value is -2.03. The van der Waals surface area contributed by atoms with E-state index in [4.69, 9.17) is 12.2 Å². The maximum Gasteiger partial charge on any atom is 0.285 e. The minimum Gasteiger partial charge on any atom is -0.267 e. The molecule has 1 aliphatic rings. The number of thioether (sulfide) groups is 1. The molecule has 0 saturated carbocycles. The summed E-state index contributed by atoms with van der Waals surface area (Å²) in [5.41, 5.74) is 3.82. The van der Waals surface area contributed by atoms with E-state index in [0.29, 0.717) is 10.5 Å². The molecule has 1 aromatic heterocycles. The minimum atomic E-state index is -0.399. The monoisotopic (exact) mass is 419 g/mol. The summed E-state index contributed by atoms with van der Waals surface area (Å²) < 4.78 is 1.15. The topological polar surface area (TPSA) is 62.3 Å².